The van der Waals surface area contributed by atoms with Gasteiger partial charge in [0.05, 0.1) is 8.41 Å². The summed E-state index contributed by atoms with van der Waals surface area (Å²) in [4.78, 5) is 0. The molecule has 0 aliphatic rings. The SMILES string of the molecule is B.CCO. The summed E-state index contributed by atoms with van der Waals surface area (Å²) in [5, 5.41) is 7.57. The van der Waals surface area contributed by atoms with Gasteiger partial charge >= 0.3 is 0 Å². The van der Waals surface area contributed by atoms with Crippen LogP contribution in [0.25, 0.3) is 0 Å². The predicted octanol–water partition coefficient (Wildman–Crippen LogP) is -1.19. The zero-order valence-corrected chi connectivity index (χ0v) is 2.15. The summed E-state index contributed by atoms with van der Waals surface area (Å²) in [6.07, 6.45) is 0. The first-order chi connectivity index (χ1) is 1.41. The quantitative estimate of drug-likeness (QED) is 0.349. The highest BCUT2D eigenvalue weighted by molar-refractivity contribution is 5.75. The van der Waals surface area contributed by atoms with E-state index in [1.807, 2.05) is 0 Å². The third-order valence-electron chi connectivity index (χ3n) is 0. The van der Waals surface area contributed by atoms with Gasteiger partial charge < -0.3 is 5.11 Å². The fraction of sp³-hybridized carbons (Fsp3) is 1.00. The molecule has 0 saturated heterocycles. The van der Waals surface area contributed by atoms with Crippen molar-refractivity contribution in [1.29, 1.82) is 0 Å². The van der Waals surface area contributed by atoms with Gasteiger partial charge in [-0.05, 0) is 6.92 Å². The fourth-order valence-corrected chi connectivity index (χ4v) is 0. The van der Waals surface area contributed by atoms with Gasteiger partial charge in [-0.15, -0.1) is 0 Å². The summed E-state index contributed by atoms with van der Waals surface area (Å²) >= 11 is 0. The highest BCUT2D eigenvalue weighted by Gasteiger charge is 1.34. The van der Waals surface area contributed by atoms with Gasteiger partial charge in [0.2, 0.25) is 0 Å². The molecule has 0 saturated carbocycles. The minimum atomic E-state index is 0. The molecule has 0 aromatic carbocycles. The Morgan fingerprint density at radius 1 is 1.75 bits per heavy atom. The Hall–Kier alpha value is 0.0249. The molecule has 2 heteroatoms. The van der Waals surface area contributed by atoms with Crippen molar-refractivity contribution in [3.05, 3.63) is 0 Å². The number of aliphatic hydroxyl groups is 1. The summed E-state index contributed by atoms with van der Waals surface area (Å²) in [6.45, 7) is 1.93. The maximum Gasteiger partial charge on any atom is 0.0814 e. The number of hydrogen-bond acceptors (Lipinski definition) is 1. The van der Waals surface area contributed by atoms with Crippen molar-refractivity contribution in [2.45, 2.75) is 6.92 Å². The zero-order chi connectivity index (χ0) is 2.71. The van der Waals surface area contributed by atoms with Crippen LogP contribution in [0.2, 0.25) is 0 Å². The lowest BCUT2D eigenvalue weighted by atomic mass is 10.8. The van der Waals surface area contributed by atoms with Crippen LogP contribution in [-0.2, 0) is 0 Å². The van der Waals surface area contributed by atoms with Crippen LogP contribution in [0.1, 0.15) is 6.92 Å². The maximum atomic E-state index is 7.57. The third-order valence-corrected chi connectivity index (χ3v) is 0. The molecule has 0 spiro atoms. The van der Waals surface area contributed by atoms with E-state index >= 15 is 0 Å². The molecule has 0 radical (unpaired) electrons. The van der Waals surface area contributed by atoms with Gasteiger partial charge in [0, 0.05) is 6.61 Å². The minimum Gasteiger partial charge on any atom is -0.397 e. The van der Waals surface area contributed by atoms with Gasteiger partial charge in [-0.3, -0.25) is 0 Å². The molecule has 1 N–H and O–H groups in total. The Morgan fingerprint density at radius 2 is 1.75 bits per heavy atom. The van der Waals surface area contributed by atoms with Crippen LogP contribution in [0, 0.1) is 0 Å². The van der Waals surface area contributed by atoms with Crippen LogP contribution in [0.15, 0.2) is 0 Å². The fourth-order valence-electron chi connectivity index (χ4n) is 0. The molecule has 0 aliphatic carbocycles. The van der Waals surface area contributed by atoms with E-state index in [4.69, 9.17) is 5.11 Å². The Balaban J connectivity index is 0. The van der Waals surface area contributed by atoms with Crippen molar-refractivity contribution in [3.8, 4) is 0 Å². The van der Waals surface area contributed by atoms with Crippen LogP contribution in [0.3, 0.4) is 0 Å². The topological polar surface area (TPSA) is 20.2 Å². The molecule has 0 heterocycles. The van der Waals surface area contributed by atoms with E-state index in [1.54, 1.807) is 6.92 Å². The lowest BCUT2D eigenvalue weighted by Crippen LogP contribution is -1.57. The molecule has 0 aromatic heterocycles. The van der Waals surface area contributed by atoms with E-state index in [0.717, 1.165) is 0 Å². The van der Waals surface area contributed by atoms with Crippen LogP contribution in [-0.4, -0.2) is 20.1 Å². The summed E-state index contributed by atoms with van der Waals surface area (Å²) in [5.41, 5.74) is 0. The van der Waals surface area contributed by atoms with Gasteiger partial charge in [0.25, 0.3) is 0 Å². The molecule has 0 rings (SSSR count). The molecular formula is C2H9BO. The molecule has 1 nitrogen and oxygen atoms in total. The second-order valence-corrected chi connectivity index (χ2v) is 0.316. The second-order valence-electron chi connectivity index (χ2n) is 0.316. The number of hydrogen-bond donors (Lipinski definition) is 1. The van der Waals surface area contributed by atoms with Crippen LogP contribution in [0.5, 0.6) is 0 Å². The van der Waals surface area contributed by atoms with Crippen molar-refractivity contribution < 1.29 is 5.11 Å². The number of aliphatic hydroxyl groups excluding tert-OH is 1. The lowest BCUT2D eigenvalue weighted by molar-refractivity contribution is 0.318. The van der Waals surface area contributed by atoms with E-state index in [1.165, 1.54) is 0 Å². The van der Waals surface area contributed by atoms with E-state index in [2.05, 4.69) is 0 Å². The van der Waals surface area contributed by atoms with Gasteiger partial charge in [0.1, 0.15) is 0 Å². The van der Waals surface area contributed by atoms with Crippen LogP contribution < -0.4 is 0 Å². The first kappa shape index (κ1) is 8.98. The highest BCUT2D eigenvalue weighted by atomic mass is 16.2. The summed E-state index contributed by atoms with van der Waals surface area (Å²) in [5.74, 6) is 0. The molecule has 0 atom stereocenters. The van der Waals surface area contributed by atoms with Crippen molar-refractivity contribution in [2.24, 2.45) is 0 Å². The van der Waals surface area contributed by atoms with E-state index in [-0.39, 0.29) is 15.0 Å². The van der Waals surface area contributed by atoms with Gasteiger partial charge in [-0.2, -0.15) is 0 Å². The van der Waals surface area contributed by atoms with Gasteiger partial charge in [0.15, 0.2) is 0 Å². The first-order valence-corrected chi connectivity index (χ1v) is 1.02. The molecule has 0 aromatic rings. The largest absolute Gasteiger partial charge is 0.397 e. The molecule has 0 unspecified atom stereocenters. The van der Waals surface area contributed by atoms with E-state index < -0.39 is 0 Å². The minimum absolute atomic E-state index is 0. The Bertz CT molecular complexity index is 6.00. The first-order valence-electron chi connectivity index (χ1n) is 1.02. The number of rotatable bonds is 0. The molecule has 0 aliphatic heterocycles. The Kier molecular flexibility index (Phi) is 26.5. The maximum absolute atomic E-state index is 7.57. The standard InChI is InChI=1S/C2H6O.BH3/c1-2-3;/h3H,2H2,1H3;1H3. The Labute approximate surface area is 28.2 Å². The Morgan fingerprint density at radius 3 is 1.75 bits per heavy atom. The monoisotopic (exact) mass is 60.1 g/mol. The van der Waals surface area contributed by atoms with Crippen LogP contribution >= 0.6 is 0 Å². The van der Waals surface area contributed by atoms with E-state index in [0.29, 0.717) is 0 Å². The summed E-state index contributed by atoms with van der Waals surface area (Å²) < 4.78 is 0. The van der Waals surface area contributed by atoms with E-state index in [9.17, 15) is 0 Å². The zero-order valence-electron chi connectivity index (χ0n) is 2.15. The smallest absolute Gasteiger partial charge is 0.0814 e. The average Bonchev–Trinajstić information content (AvgIpc) is 0.918. The third kappa shape index (κ3) is 3420. The second kappa shape index (κ2) is 11.8. The molecular weight excluding hydrogens is 50.8 g/mol. The molecule has 0 amide bonds. The van der Waals surface area contributed by atoms with Crippen molar-refractivity contribution in [1.82, 2.24) is 0 Å². The summed E-state index contributed by atoms with van der Waals surface area (Å²) in [6, 6.07) is 0. The molecule has 0 fully saturated rings. The molecule has 4 heavy (non-hydrogen) atoms. The van der Waals surface area contributed by atoms with Gasteiger partial charge in [-0.25, -0.2) is 0 Å². The van der Waals surface area contributed by atoms with Crippen molar-refractivity contribution in [3.63, 3.8) is 0 Å². The van der Waals surface area contributed by atoms with Crippen molar-refractivity contribution >= 4 is 8.41 Å². The normalized spacial score (nSPS) is 4.50. The van der Waals surface area contributed by atoms with Crippen LogP contribution in [0.4, 0.5) is 0 Å². The van der Waals surface area contributed by atoms with Gasteiger partial charge in [-0.1, -0.05) is 0 Å². The average molecular weight is 59.9 g/mol. The lowest BCUT2D eigenvalue weighted by Gasteiger charge is -1.52. The highest BCUT2D eigenvalue weighted by Crippen LogP contribution is 1.30. The molecule has 0 bridgehead atoms. The van der Waals surface area contributed by atoms with Crippen molar-refractivity contribution in [2.75, 3.05) is 6.61 Å². The molecule has 26 valence electrons. The predicted molar refractivity (Wildman–Crippen MR) is 22.7 cm³/mol. The summed E-state index contributed by atoms with van der Waals surface area (Å²) in [7, 11) is 0.